The van der Waals surface area contributed by atoms with E-state index in [9.17, 15) is 4.79 Å². The van der Waals surface area contributed by atoms with E-state index in [-0.39, 0.29) is 5.91 Å². The molecule has 0 saturated carbocycles. The molecule has 0 radical (unpaired) electrons. The molecule has 0 fully saturated rings. The zero-order chi connectivity index (χ0) is 11.9. The van der Waals surface area contributed by atoms with E-state index in [1.54, 1.807) is 0 Å². The maximum atomic E-state index is 11.4. The SMILES string of the molecule is CC(C)(C(N)=O)c1c[nH]c2ccc(Br)cc12. The van der Waals surface area contributed by atoms with E-state index in [0.29, 0.717) is 0 Å². The van der Waals surface area contributed by atoms with Crippen molar-refractivity contribution in [1.29, 1.82) is 0 Å². The molecule has 4 heteroatoms. The van der Waals surface area contributed by atoms with Crippen LogP contribution >= 0.6 is 15.9 Å². The normalized spacial score (nSPS) is 11.9. The molecule has 1 aromatic heterocycles. The Kier molecular flexibility index (Phi) is 2.54. The molecule has 1 heterocycles. The molecule has 0 atom stereocenters. The molecular formula is C12H13BrN2O. The van der Waals surface area contributed by atoms with Gasteiger partial charge in [0.1, 0.15) is 0 Å². The van der Waals surface area contributed by atoms with Crippen LogP contribution in [-0.2, 0) is 10.2 Å². The first-order valence-electron chi connectivity index (χ1n) is 5.00. The van der Waals surface area contributed by atoms with Gasteiger partial charge in [-0.3, -0.25) is 4.79 Å². The van der Waals surface area contributed by atoms with Crippen LogP contribution in [0.4, 0.5) is 0 Å². The van der Waals surface area contributed by atoms with Gasteiger partial charge >= 0.3 is 0 Å². The van der Waals surface area contributed by atoms with E-state index < -0.39 is 5.41 Å². The van der Waals surface area contributed by atoms with Crippen molar-refractivity contribution >= 4 is 32.7 Å². The molecule has 0 saturated heterocycles. The molecule has 0 aliphatic heterocycles. The van der Waals surface area contributed by atoms with Crippen molar-refractivity contribution in [2.75, 3.05) is 0 Å². The number of rotatable bonds is 2. The fourth-order valence-electron chi connectivity index (χ4n) is 1.74. The number of carbonyl (C=O) groups is 1. The smallest absolute Gasteiger partial charge is 0.227 e. The first-order chi connectivity index (χ1) is 7.43. The zero-order valence-corrected chi connectivity index (χ0v) is 10.8. The van der Waals surface area contributed by atoms with Crippen LogP contribution in [0.5, 0.6) is 0 Å². The number of nitrogens with one attached hydrogen (secondary N) is 1. The molecule has 84 valence electrons. The molecule has 2 aromatic rings. The number of benzene rings is 1. The zero-order valence-electron chi connectivity index (χ0n) is 9.17. The van der Waals surface area contributed by atoms with Gasteiger partial charge in [0, 0.05) is 21.6 Å². The summed E-state index contributed by atoms with van der Waals surface area (Å²) in [7, 11) is 0. The van der Waals surface area contributed by atoms with Gasteiger partial charge in [0.15, 0.2) is 0 Å². The summed E-state index contributed by atoms with van der Waals surface area (Å²) >= 11 is 3.42. The topological polar surface area (TPSA) is 58.9 Å². The van der Waals surface area contributed by atoms with Crippen molar-refractivity contribution in [2.45, 2.75) is 19.3 Å². The minimum absolute atomic E-state index is 0.326. The lowest BCUT2D eigenvalue weighted by Gasteiger charge is -2.19. The lowest BCUT2D eigenvalue weighted by atomic mass is 9.84. The fourth-order valence-corrected chi connectivity index (χ4v) is 2.10. The molecule has 0 spiro atoms. The highest BCUT2D eigenvalue weighted by Gasteiger charge is 2.29. The van der Waals surface area contributed by atoms with Gasteiger partial charge < -0.3 is 10.7 Å². The van der Waals surface area contributed by atoms with E-state index >= 15 is 0 Å². The quantitative estimate of drug-likeness (QED) is 0.873. The Labute approximate surface area is 102 Å². The number of hydrogen-bond acceptors (Lipinski definition) is 1. The predicted octanol–water partition coefficient (Wildman–Crippen LogP) is 2.69. The number of halogens is 1. The lowest BCUT2D eigenvalue weighted by Crippen LogP contribution is -2.35. The number of hydrogen-bond donors (Lipinski definition) is 2. The number of carbonyl (C=O) groups excluding carboxylic acids is 1. The number of H-pyrrole nitrogens is 1. The Morgan fingerprint density at radius 3 is 2.75 bits per heavy atom. The summed E-state index contributed by atoms with van der Waals surface area (Å²) in [6.07, 6.45) is 1.85. The van der Waals surface area contributed by atoms with Gasteiger partial charge in [-0.25, -0.2) is 0 Å². The number of nitrogens with two attached hydrogens (primary N) is 1. The Morgan fingerprint density at radius 2 is 2.12 bits per heavy atom. The highest BCUT2D eigenvalue weighted by atomic mass is 79.9. The van der Waals surface area contributed by atoms with Crippen molar-refractivity contribution < 1.29 is 4.79 Å². The Hall–Kier alpha value is -1.29. The average molecular weight is 281 g/mol. The van der Waals surface area contributed by atoms with Gasteiger partial charge in [-0.05, 0) is 37.6 Å². The van der Waals surface area contributed by atoms with Gasteiger partial charge in [-0.1, -0.05) is 15.9 Å². The molecule has 0 aliphatic rings. The number of aromatic amines is 1. The third-order valence-electron chi connectivity index (χ3n) is 2.93. The van der Waals surface area contributed by atoms with Crippen LogP contribution in [-0.4, -0.2) is 10.9 Å². The van der Waals surface area contributed by atoms with Gasteiger partial charge in [-0.2, -0.15) is 0 Å². The summed E-state index contributed by atoms with van der Waals surface area (Å²) in [5.74, 6) is -0.326. The minimum Gasteiger partial charge on any atom is -0.369 e. The van der Waals surface area contributed by atoms with Crippen LogP contribution in [0.2, 0.25) is 0 Å². The van der Waals surface area contributed by atoms with Crippen molar-refractivity contribution in [1.82, 2.24) is 4.98 Å². The Morgan fingerprint density at radius 1 is 1.44 bits per heavy atom. The van der Waals surface area contributed by atoms with Crippen LogP contribution in [0, 0.1) is 0 Å². The molecule has 1 aromatic carbocycles. The lowest BCUT2D eigenvalue weighted by molar-refractivity contribution is -0.122. The summed E-state index contributed by atoms with van der Waals surface area (Å²) in [5.41, 5.74) is 6.69. The third-order valence-corrected chi connectivity index (χ3v) is 3.43. The second-order valence-electron chi connectivity index (χ2n) is 4.38. The number of amides is 1. The second-order valence-corrected chi connectivity index (χ2v) is 5.30. The maximum Gasteiger partial charge on any atom is 0.227 e. The standard InChI is InChI=1S/C12H13BrN2O/c1-12(2,11(14)16)9-6-15-10-4-3-7(13)5-8(9)10/h3-6,15H,1-2H3,(H2,14,16). The predicted molar refractivity (Wildman–Crippen MR) is 68.2 cm³/mol. The summed E-state index contributed by atoms with van der Waals surface area (Å²) in [6, 6.07) is 5.92. The van der Waals surface area contributed by atoms with Crippen LogP contribution in [0.3, 0.4) is 0 Å². The molecule has 0 bridgehead atoms. The number of primary amides is 1. The average Bonchev–Trinajstić information content (AvgIpc) is 2.60. The molecular weight excluding hydrogens is 268 g/mol. The first kappa shape index (κ1) is 11.2. The number of aromatic nitrogens is 1. The van der Waals surface area contributed by atoms with Crippen LogP contribution in [0.1, 0.15) is 19.4 Å². The molecule has 2 rings (SSSR count). The Bertz CT molecular complexity index is 557. The highest BCUT2D eigenvalue weighted by molar-refractivity contribution is 9.10. The van der Waals surface area contributed by atoms with Crippen molar-refractivity contribution in [3.63, 3.8) is 0 Å². The van der Waals surface area contributed by atoms with Crippen LogP contribution in [0.15, 0.2) is 28.9 Å². The summed E-state index contributed by atoms with van der Waals surface area (Å²) < 4.78 is 0.987. The minimum atomic E-state index is -0.668. The van der Waals surface area contributed by atoms with Crippen molar-refractivity contribution in [2.24, 2.45) is 5.73 Å². The first-order valence-corrected chi connectivity index (χ1v) is 5.79. The molecule has 0 unspecified atom stereocenters. The van der Waals surface area contributed by atoms with Gasteiger partial charge in [0.2, 0.25) is 5.91 Å². The number of fused-ring (bicyclic) bond motifs is 1. The van der Waals surface area contributed by atoms with Gasteiger partial charge in [0.25, 0.3) is 0 Å². The fraction of sp³-hybridized carbons (Fsp3) is 0.250. The molecule has 3 N–H and O–H groups in total. The van der Waals surface area contributed by atoms with Crippen LogP contribution < -0.4 is 5.73 Å². The second kappa shape index (κ2) is 3.63. The van der Waals surface area contributed by atoms with Crippen LogP contribution in [0.25, 0.3) is 10.9 Å². The summed E-state index contributed by atoms with van der Waals surface area (Å²) in [5, 5.41) is 1.03. The highest BCUT2D eigenvalue weighted by Crippen LogP contribution is 2.31. The monoisotopic (exact) mass is 280 g/mol. The summed E-state index contributed by atoms with van der Waals surface area (Å²) in [6.45, 7) is 3.66. The van der Waals surface area contributed by atoms with E-state index in [1.165, 1.54) is 0 Å². The molecule has 16 heavy (non-hydrogen) atoms. The molecule has 1 amide bonds. The molecule has 3 nitrogen and oxygen atoms in total. The van der Waals surface area contributed by atoms with E-state index in [2.05, 4.69) is 20.9 Å². The van der Waals surface area contributed by atoms with Crippen molar-refractivity contribution in [3.8, 4) is 0 Å². The largest absolute Gasteiger partial charge is 0.369 e. The third kappa shape index (κ3) is 1.63. The summed E-state index contributed by atoms with van der Waals surface area (Å²) in [4.78, 5) is 14.6. The van der Waals surface area contributed by atoms with Gasteiger partial charge in [-0.15, -0.1) is 0 Å². The Balaban J connectivity index is 2.70. The maximum absolute atomic E-state index is 11.4. The van der Waals surface area contributed by atoms with Crippen molar-refractivity contribution in [3.05, 3.63) is 34.4 Å². The van der Waals surface area contributed by atoms with Gasteiger partial charge in [0.05, 0.1) is 5.41 Å². The van der Waals surface area contributed by atoms with E-state index in [1.807, 2.05) is 38.2 Å². The van der Waals surface area contributed by atoms with E-state index in [0.717, 1.165) is 20.9 Å². The molecule has 0 aliphatic carbocycles. The van der Waals surface area contributed by atoms with E-state index in [4.69, 9.17) is 5.73 Å².